The summed E-state index contributed by atoms with van der Waals surface area (Å²) in [5.41, 5.74) is 0.0155. The van der Waals surface area contributed by atoms with Gasteiger partial charge in [-0.2, -0.15) is 5.10 Å². The first-order chi connectivity index (χ1) is 9.18. The van der Waals surface area contributed by atoms with E-state index in [0.717, 1.165) is 6.42 Å². The lowest BCUT2D eigenvalue weighted by molar-refractivity contribution is 0.0312. The van der Waals surface area contributed by atoms with Gasteiger partial charge in [-0.3, -0.25) is 5.10 Å². The Morgan fingerprint density at radius 2 is 2.00 bits per heavy atom. The zero-order valence-corrected chi connectivity index (χ0v) is 13.5. The summed E-state index contributed by atoms with van der Waals surface area (Å²) in [5.74, 6) is -0.950. The van der Waals surface area contributed by atoms with Gasteiger partial charge in [0.2, 0.25) is 0 Å². The van der Waals surface area contributed by atoms with Crippen LogP contribution < -0.4 is 0 Å². The van der Waals surface area contributed by atoms with Gasteiger partial charge in [0.1, 0.15) is 4.90 Å². The largest absolute Gasteiger partial charge is 0.458 e. The summed E-state index contributed by atoms with van der Waals surface area (Å²) in [5, 5.41) is 6.31. The first-order valence-corrected chi connectivity index (χ1v) is 8.73. The summed E-state index contributed by atoms with van der Waals surface area (Å²) >= 11 is 0. The number of aromatic nitrogens is 2. The van der Waals surface area contributed by atoms with Crippen molar-refractivity contribution in [2.24, 2.45) is 0 Å². The third-order valence-electron chi connectivity index (χ3n) is 2.77. The van der Waals surface area contributed by atoms with Gasteiger partial charge in [0, 0.05) is 10.7 Å². The van der Waals surface area contributed by atoms with Crippen LogP contribution in [0.15, 0.2) is 4.90 Å². The Balaban J connectivity index is 3.16. The molecule has 0 spiro atoms. The summed E-state index contributed by atoms with van der Waals surface area (Å²) in [6.07, 6.45) is 1.24. The van der Waals surface area contributed by atoms with Crippen LogP contribution >= 0.6 is 10.7 Å². The fourth-order valence-corrected chi connectivity index (χ4v) is 3.20. The van der Waals surface area contributed by atoms with Crippen molar-refractivity contribution in [3.05, 3.63) is 11.4 Å². The quantitative estimate of drug-likeness (QED) is 0.642. The molecule has 0 bridgehead atoms. The monoisotopic (exact) mass is 322 g/mol. The molecule has 0 saturated heterocycles. The number of hydrogen-bond donors (Lipinski definition) is 1. The minimum Gasteiger partial charge on any atom is -0.458 e. The number of ether oxygens (including phenoxy) is 1. The molecule has 0 saturated carbocycles. The lowest BCUT2D eigenvalue weighted by atomic mass is 10.1. The number of carbonyl (C=O) groups excluding carboxylic acids is 1. The number of nitrogens with one attached hydrogen (secondary N) is 1. The van der Waals surface area contributed by atoms with E-state index < -0.39 is 15.0 Å². The molecule has 0 aliphatic heterocycles. The smallest absolute Gasteiger partial charge is 0.360 e. The van der Waals surface area contributed by atoms with Gasteiger partial charge < -0.3 is 4.74 Å². The summed E-state index contributed by atoms with van der Waals surface area (Å²) in [6.45, 7) is 7.25. The Morgan fingerprint density at radius 3 is 2.45 bits per heavy atom. The van der Waals surface area contributed by atoms with E-state index in [1.54, 1.807) is 20.8 Å². The predicted molar refractivity (Wildman–Crippen MR) is 75.5 cm³/mol. The Morgan fingerprint density at radius 1 is 1.40 bits per heavy atom. The van der Waals surface area contributed by atoms with Gasteiger partial charge in [-0.05, 0) is 19.3 Å². The molecule has 0 aromatic carbocycles. The van der Waals surface area contributed by atoms with Gasteiger partial charge in [-0.1, -0.05) is 27.2 Å². The Labute approximate surface area is 123 Å². The van der Waals surface area contributed by atoms with E-state index in [4.69, 9.17) is 15.4 Å². The SMILES string of the molecule is CCCC(C)OC(=O)c1n[nH]c(C(C)C)c1S(=O)(=O)Cl. The average Bonchev–Trinajstić information content (AvgIpc) is 2.73. The number of H-pyrrole nitrogens is 1. The van der Waals surface area contributed by atoms with Gasteiger partial charge in [-0.15, -0.1) is 0 Å². The number of halogens is 1. The van der Waals surface area contributed by atoms with Crippen molar-refractivity contribution in [3.8, 4) is 0 Å². The zero-order chi connectivity index (χ0) is 15.5. The minimum atomic E-state index is -4.08. The second-order valence-corrected chi connectivity index (χ2v) is 7.41. The predicted octanol–water partition coefficient (Wildman–Crippen LogP) is 2.81. The van der Waals surface area contributed by atoms with Crippen LogP contribution in [0.4, 0.5) is 0 Å². The van der Waals surface area contributed by atoms with E-state index in [2.05, 4.69) is 10.2 Å². The van der Waals surface area contributed by atoms with Crippen molar-refractivity contribution in [1.82, 2.24) is 10.2 Å². The standard InChI is InChI=1S/C12H19ClN2O4S/c1-5-6-8(4)19-12(16)10-11(20(13,17)18)9(7(2)3)14-15-10/h7-8H,5-6H2,1-4H3,(H,14,15). The van der Waals surface area contributed by atoms with Crippen LogP contribution in [0.5, 0.6) is 0 Å². The topological polar surface area (TPSA) is 89.1 Å². The number of carbonyl (C=O) groups is 1. The normalized spacial score (nSPS) is 13.5. The van der Waals surface area contributed by atoms with E-state index in [0.29, 0.717) is 12.1 Å². The van der Waals surface area contributed by atoms with Crippen LogP contribution in [0.3, 0.4) is 0 Å². The van der Waals surface area contributed by atoms with Crippen molar-refractivity contribution >= 4 is 25.7 Å². The maximum atomic E-state index is 12.0. The van der Waals surface area contributed by atoms with Crippen molar-refractivity contribution in [2.75, 3.05) is 0 Å². The van der Waals surface area contributed by atoms with Crippen molar-refractivity contribution in [3.63, 3.8) is 0 Å². The highest BCUT2D eigenvalue weighted by molar-refractivity contribution is 8.13. The van der Waals surface area contributed by atoms with Crippen LogP contribution in [0.25, 0.3) is 0 Å². The average molecular weight is 323 g/mol. The van der Waals surface area contributed by atoms with Crippen molar-refractivity contribution in [2.45, 2.75) is 57.5 Å². The summed E-state index contributed by atoms with van der Waals surface area (Å²) < 4.78 is 28.5. The lowest BCUT2D eigenvalue weighted by Crippen LogP contribution is -2.17. The molecule has 1 heterocycles. The molecule has 20 heavy (non-hydrogen) atoms. The molecule has 1 rings (SSSR count). The van der Waals surface area contributed by atoms with Gasteiger partial charge in [-0.25, -0.2) is 13.2 Å². The highest BCUT2D eigenvalue weighted by Gasteiger charge is 2.31. The van der Waals surface area contributed by atoms with E-state index >= 15 is 0 Å². The summed E-state index contributed by atoms with van der Waals surface area (Å²) in [6, 6.07) is 0. The molecular formula is C12H19ClN2O4S. The minimum absolute atomic E-state index is 0.166. The van der Waals surface area contributed by atoms with E-state index in [1.165, 1.54) is 0 Å². The molecule has 0 fully saturated rings. The van der Waals surface area contributed by atoms with Crippen molar-refractivity contribution < 1.29 is 17.9 Å². The Kier molecular flexibility index (Phi) is 5.59. The van der Waals surface area contributed by atoms with Crippen LogP contribution in [0.1, 0.15) is 62.6 Å². The summed E-state index contributed by atoms with van der Waals surface area (Å²) in [7, 11) is 1.32. The van der Waals surface area contributed by atoms with E-state index in [1.807, 2.05) is 6.92 Å². The Bertz CT molecular complexity index is 580. The van der Waals surface area contributed by atoms with Gasteiger partial charge in [0.15, 0.2) is 5.69 Å². The Hall–Kier alpha value is -1.08. The fourth-order valence-electron chi connectivity index (χ4n) is 1.83. The highest BCUT2D eigenvalue weighted by Crippen LogP contribution is 2.28. The van der Waals surface area contributed by atoms with Gasteiger partial charge in [0.05, 0.1) is 11.8 Å². The van der Waals surface area contributed by atoms with Crippen molar-refractivity contribution in [1.29, 1.82) is 0 Å². The lowest BCUT2D eigenvalue weighted by Gasteiger charge is -2.11. The first kappa shape index (κ1) is 17.0. The number of esters is 1. The summed E-state index contributed by atoms with van der Waals surface area (Å²) in [4.78, 5) is 11.7. The molecule has 0 radical (unpaired) electrons. The second kappa shape index (κ2) is 6.58. The third kappa shape index (κ3) is 3.96. The van der Waals surface area contributed by atoms with Crippen LogP contribution in [0, 0.1) is 0 Å². The zero-order valence-electron chi connectivity index (χ0n) is 11.9. The number of hydrogen-bond acceptors (Lipinski definition) is 5. The number of aromatic amines is 1. The van der Waals surface area contributed by atoms with Gasteiger partial charge >= 0.3 is 5.97 Å². The highest BCUT2D eigenvalue weighted by atomic mass is 35.7. The molecule has 8 heteroatoms. The van der Waals surface area contributed by atoms with Crippen LogP contribution in [0.2, 0.25) is 0 Å². The van der Waals surface area contributed by atoms with Crippen LogP contribution in [-0.4, -0.2) is 30.7 Å². The molecule has 1 aromatic heterocycles. The molecule has 0 amide bonds. The number of nitrogens with zero attached hydrogens (tertiary/aromatic N) is 1. The molecule has 6 nitrogen and oxygen atoms in total. The molecule has 1 unspecified atom stereocenters. The molecule has 1 atom stereocenters. The van der Waals surface area contributed by atoms with E-state index in [-0.39, 0.29) is 22.6 Å². The third-order valence-corrected chi connectivity index (χ3v) is 4.13. The molecule has 1 aromatic rings. The molecule has 0 aliphatic rings. The number of rotatable bonds is 6. The van der Waals surface area contributed by atoms with Crippen LogP contribution in [-0.2, 0) is 13.8 Å². The fraction of sp³-hybridized carbons (Fsp3) is 0.667. The second-order valence-electron chi connectivity index (χ2n) is 4.91. The maximum Gasteiger partial charge on any atom is 0.360 e. The molecule has 0 aliphatic carbocycles. The molecular weight excluding hydrogens is 304 g/mol. The maximum absolute atomic E-state index is 12.0. The van der Waals surface area contributed by atoms with Gasteiger partial charge in [0.25, 0.3) is 9.05 Å². The first-order valence-electron chi connectivity index (χ1n) is 6.42. The molecule has 114 valence electrons. The van der Waals surface area contributed by atoms with E-state index in [9.17, 15) is 13.2 Å². The molecule has 1 N–H and O–H groups in total.